The zero-order valence-corrected chi connectivity index (χ0v) is 13.7. The van der Waals surface area contributed by atoms with Crippen LogP contribution in [-0.2, 0) is 4.65 Å². The molecular weight excluding hydrogens is 297 g/mol. The van der Waals surface area contributed by atoms with E-state index in [0.29, 0.717) is 6.61 Å². The first-order valence-electron chi connectivity index (χ1n) is 6.69. The lowest BCUT2D eigenvalue weighted by molar-refractivity contribution is -0.0983. The summed E-state index contributed by atoms with van der Waals surface area (Å²) in [6, 6.07) is 2.36. The molecule has 1 aromatic rings. The van der Waals surface area contributed by atoms with Gasteiger partial charge in [-0.1, -0.05) is 11.6 Å². The lowest BCUT2D eigenvalue weighted by Gasteiger charge is -2.38. The third-order valence-corrected chi connectivity index (χ3v) is 3.79. The second kappa shape index (κ2) is 6.52. The Labute approximate surface area is 130 Å². The number of benzene rings is 1. The fourth-order valence-electron chi connectivity index (χ4n) is 1.49. The van der Waals surface area contributed by atoms with Crippen molar-refractivity contribution in [1.29, 1.82) is 0 Å². The molecule has 0 aliphatic rings. The average molecular weight is 319 g/mol. The Bertz CT molecular complexity index is 502. The second-order valence-corrected chi connectivity index (χ2v) is 6.18. The molecule has 0 heterocycles. The van der Waals surface area contributed by atoms with E-state index in [0.717, 1.165) is 6.07 Å². The SMILES string of the molecule is CCOc1cc(B(O)OC(C)(C)C(C)(C)O)c(F)cc1Cl. The van der Waals surface area contributed by atoms with Crippen molar-refractivity contribution in [3.63, 3.8) is 0 Å². The fraction of sp³-hybridized carbons (Fsp3) is 0.571. The van der Waals surface area contributed by atoms with Crippen LogP contribution in [0.4, 0.5) is 4.39 Å². The number of hydrogen-bond donors (Lipinski definition) is 2. The molecule has 0 radical (unpaired) electrons. The molecule has 0 aliphatic carbocycles. The Balaban J connectivity index is 3.07. The third kappa shape index (κ3) is 4.33. The van der Waals surface area contributed by atoms with E-state index in [-0.39, 0.29) is 16.2 Å². The topological polar surface area (TPSA) is 58.9 Å². The molecule has 0 spiro atoms. The van der Waals surface area contributed by atoms with Crippen LogP contribution in [0.2, 0.25) is 5.02 Å². The van der Waals surface area contributed by atoms with Crippen LogP contribution in [-0.4, -0.2) is 35.1 Å². The number of rotatable bonds is 6. The van der Waals surface area contributed by atoms with Crippen LogP contribution in [0.3, 0.4) is 0 Å². The van der Waals surface area contributed by atoms with Crippen LogP contribution in [0, 0.1) is 5.82 Å². The average Bonchev–Trinajstić information content (AvgIpc) is 2.30. The summed E-state index contributed by atoms with van der Waals surface area (Å²) >= 11 is 5.86. The first kappa shape index (κ1) is 18.2. The van der Waals surface area contributed by atoms with E-state index in [2.05, 4.69) is 0 Å². The molecule has 0 aliphatic heterocycles. The molecule has 0 fully saturated rings. The van der Waals surface area contributed by atoms with E-state index in [1.807, 2.05) is 0 Å². The second-order valence-electron chi connectivity index (χ2n) is 5.78. The predicted octanol–water partition coefficient (Wildman–Crippen LogP) is 2.13. The van der Waals surface area contributed by atoms with E-state index in [4.69, 9.17) is 21.0 Å². The highest BCUT2D eigenvalue weighted by atomic mass is 35.5. The molecule has 0 aromatic heterocycles. The molecule has 0 bridgehead atoms. The molecule has 2 N–H and O–H groups in total. The van der Waals surface area contributed by atoms with Gasteiger partial charge in [0.1, 0.15) is 11.6 Å². The summed E-state index contributed by atoms with van der Waals surface area (Å²) < 4.78 is 24.6. The molecule has 118 valence electrons. The van der Waals surface area contributed by atoms with Gasteiger partial charge in [-0.05, 0) is 46.8 Å². The van der Waals surface area contributed by atoms with Crippen molar-refractivity contribution in [2.75, 3.05) is 6.61 Å². The molecule has 1 rings (SSSR count). The molecule has 0 unspecified atom stereocenters. The normalized spacial score (nSPS) is 12.4. The number of halogens is 2. The van der Waals surface area contributed by atoms with Crippen molar-refractivity contribution in [3.05, 3.63) is 23.0 Å². The zero-order chi connectivity index (χ0) is 16.4. The van der Waals surface area contributed by atoms with Gasteiger partial charge in [0, 0.05) is 5.46 Å². The van der Waals surface area contributed by atoms with Gasteiger partial charge >= 0.3 is 7.12 Å². The molecule has 7 heteroatoms. The Morgan fingerprint density at radius 3 is 2.33 bits per heavy atom. The molecule has 0 saturated carbocycles. The van der Waals surface area contributed by atoms with Gasteiger partial charge in [-0.15, -0.1) is 0 Å². The maximum atomic E-state index is 14.0. The number of hydrogen-bond acceptors (Lipinski definition) is 4. The van der Waals surface area contributed by atoms with Gasteiger partial charge in [-0.25, -0.2) is 4.39 Å². The van der Waals surface area contributed by atoms with E-state index >= 15 is 0 Å². The smallest absolute Gasteiger partial charge is 0.492 e. The van der Waals surface area contributed by atoms with Gasteiger partial charge in [0.25, 0.3) is 0 Å². The first-order valence-corrected chi connectivity index (χ1v) is 7.07. The Morgan fingerprint density at radius 1 is 1.29 bits per heavy atom. The summed E-state index contributed by atoms with van der Waals surface area (Å²) in [5, 5.41) is 20.2. The van der Waals surface area contributed by atoms with Crippen molar-refractivity contribution in [2.45, 2.75) is 45.8 Å². The molecular formula is C14H21BClFO4. The Hall–Kier alpha value is -0.815. The third-order valence-electron chi connectivity index (χ3n) is 3.50. The van der Waals surface area contributed by atoms with Crippen molar-refractivity contribution in [3.8, 4) is 5.75 Å². The van der Waals surface area contributed by atoms with Crippen LogP contribution in [0.1, 0.15) is 34.6 Å². The molecule has 21 heavy (non-hydrogen) atoms. The summed E-state index contributed by atoms with van der Waals surface area (Å²) in [6.45, 7) is 8.43. The minimum absolute atomic E-state index is 0.0971. The maximum Gasteiger partial charge on any atom is 0.494 e. The summed E-state index contributed by atoms with van der Waals surface area (Å²) in [6.07, 6.45) is 0. The van der Waals surface area contributed by atoms with Crippen molar-refractivity contribution < 1.29 is 23.9 Å². The summed E-state index contributed by atoms with van der Waals surface area (Å²) in [5.41, 5.74) is -2.41. The minimum Gasteiger partial charge on any atom is -0.492 e. The highest BCUT2D eigenvalue weighted by molar-refractivity contribution is 6.60. The summed E-state index contributed by atoms with van der Waals surface area (Å²) in [4.78, 5) is 0. The van der Waals surface area contributed by atoms with Crippen LogP contribution < -0.4 is 10.2 Å². The maximum absolute atomic E-state index is 14.0. The minimum atomic E-state index is -1.55. The van der Waals surface area contributed by atoms with E-state index in [1.54, 1.807) is 34.6 Å². The molecule has 0 amide bonds. The van der Waals surface area contributed by atoms with Gasteiger partial charge in [0.05, 0.1) is 22.8 Å². The lowest BCUT2D eigenvalue weighted by Crippen LogP contribution is -2.53. The standard InChI is InChI=1S/C14H21BClFO4/c1-6-20-12-7-9(11(17)8-10(12)16)15(19)21-14(4,5)13(2,3)18/h7-8,18-19H,6H2,1-5H3. The van der Waals surface area contributed by atoms with Crippen LogP contribution >= 0.6 is 11.6 Å². The van der Waals surface area contributed by atoms with Crippen LogP contribution in [0.5, 0.6) is 5.75 Å². The Kier molecular flexibility index (Phi) is 5.66. The number of aliphatic hydroxyl groups is 1. The van der Waals surface area contributed by atoms with Crippen molar-refractivity contribution >= 4 is 24.2 Å². The number of ether oxygens (including phenoxy) is 1. The van der Waals surface area contributed by atoms with Gasteiger partial charge < -0.3 is 19.5 Å². The molecule has 0 saturated heterocycles. The van der Waals surface area contributed by atoms with Crippen molar-refractivity contribution in [1.82, 2.24) is 0 Å². The fourth-order valence-corrected chi connectivity index (χ4v) is 1.69. The van der Waals surface area contributed by atoms with Crippen LogP contribution in [0.25, 0.3) is 0 Å². The summed E-state index contributed by atoms with van der Waals surface area (Å²) in [5.74, 6) is -0.443. The van der Waals surface area contributed by atoms with Gasteiger partial charge in [-0.2, -0.15) is 0 Å². The van der Waals surface area contributed by atoms with E-state index in [1.165, 1.54) is 6.07 Å². The Morgan fingerprint density at radius 2 is 1.86 bits per heavy atom. The molecule has 1 aromatic carbocycles. The van der Waals surface area contributed by atoms with Gasteiger partial charge in [0.2, 0.25) is 0 Å². The highest BCUT2D eigenvalue weighted by Crippen LogP contribution is 2.27. The predicted molar refractivity (Wildman–Crippen MR) is 81.6 cm³/mol. The summed E-state index contributed by atoms with van der Waals surface area (Å²) in [7, 11) is -1.55. The van der Waals surface area contributed by atoms with E-state index in [9.17, 15) is 14.5 Å². The first-order chi connectivity index (χ1) is 9.49. The zero-order valence-electron chi connectivity index (χ0n) is 12.9. The quantitative estimate of drug-likeness (QED) is 0.789. The van der Waals surface area contributed by atoms with Crippen LogP contribution in [0.15, 0.2) is 12.1 Å². The van der Waals surface area contributed by atoms with Gasteiger partial charge in [-0.3, -0.25) is 0 Å². The highest BCUT2D eigenvalue weighted by Gasteiger charge is 2.40. The van der Waals surface area contributed by atoms with Crippen molar-refractivity contribution in [2.24, 2.45) is 0 Å². The lowest BCUT2D eigenvalue weighted by atomic mass is 9.76. The molecule has 4 nitrogen and oxygen atoms in total. The largest absolute Gasteiger partial charge is 0.494 e. The van der Waals surface area contributed by atoms with Gasteiger partial charge in [0.15, 0.2) is 0 Å². The molecule has 0 atom stereocenters. The van der Waals surface area contributed by atoms with E-state index < -0.39 is 24.1 Å². The monoisotopic (exact) mass is 318 g/mol.